The molecule has 0 aromatic carbocycles. The van der Waals surface area contributed by atoms with Gasteiger partial charge in [0.2, 0.25) is 23.6 Å². The lowest BCUT2D eigenvalue weighted by Crippen LogP contribution is -2.28. The Kier molecular flexibility index (Phi) is 148. The van der Waals surface area contributed by atoms with Crippen molar-refractivity contribution in [1.82, 2.24) is 47.9 Å². The summed E-state index contributed by atoms with van der Waals surface area (Å²) < 4.78 is 28.8. The number of ether oxygens (including phenoxy) is 7. The third kappa shape index (κ3) is 255. The first-order valence-corrected chi connectivity index (χ1v) is 21.8. The Morgan fingerprint density at radius 3 is 0.612 bits per heavy atom. The van der Waals surface area contributed by atoms with Crippen LogP contribution in [0.15, 0.2) is 0 Å². The summed E-state index contributed by atoms with van der Waals surface area (Å²) in [7, 11) is 27.5. The zero-order valence-electron chi connectivity index (χ0n) is 45.4. The van der Waals surface area contributed by atoms with Crippen LogP contribution in [0, 0.1) is 0 Å². The maximum atomic E-state index is 10.3. The minimum atomic E-state index is -0.657. The van der Waals surface area contributed by atoms with Crippen LogP contribution in [0.4, 0.5) is 19.2 Å². The number of hydrogen-bond acceptors (Lipinski definition) is 20. The van der Waals surface area contributed by atoms with Gasteiger partial charge in [0.15, 0.2) is 0 Å². The van der Waals surface area contributed by atoms with Crippen LogP contribution in [0.2, 0.25) is 0 Å². The number of rotatable bonds is 4. The van der Waals surface area contributed by atoms with E-state index in [4.69, 9.17) is 0 Å². The van der Waals surface area contributed by atoms with Crippen LogP contribution in [0.25, 0.3) is 0 Å². The van der Waals surface area contributed by atoms with Crippen LogP contribution in [0.5, 0.6) is 0 Å². The van der Waals surface area contributed by atoms with Gasteiger partial charge in [-0.2, -0.15) is 23.5 Å². The van der Waals surface area contributed by atoms with Crippen LogP contribution in [0.3, 0.4) is 0 Å². The number of carbonyl (C=O) groups is 10. The molecule has 0 spiro atoms. The summed E-state index contributed by atoms with van der Waals surface area (Å²) in [5.74, 6) is 0.831. The lowest BCUT2D eigenvalue weighted by atomic mass is 10.6. The molecule has 0 aliphatic heterocycles. The third-order valence-electron chi connectivity index (χ3n) is 3.95. The first kappa shape index (κ1) is 95.7. The number of esters is 2. The Balaban J connectivity index is -0.0000000390. The highest BCUT2D eigenvalue weighted by molar-refractivity contribution is 7.99. The molecule has 0 saturated carbocycles. The van der Waals surface area contributed by atoms with E-state index in [9.17, 15) is 47.9 Å². The second-order valence-corrected chi connectivity index (χ2v) is 11.5. The number of methoxy groups -OCH3 is 7. The van der Waals surface area contributed by atoms with E-state index in [0.29, 0.717) is 11.5 Å². The van der Waals surface area contributed by atoms with Gasteiger partial charge in [-0.25, -0.2) is 19.2 Å². The summed E-state index contributed by atoms with van der Waals surface area (Å²) in [5.41, 5.74) is 0. The highest BCUT2D eigenvalue weighted by atomic mass is 32.2. The molecule has 0 radical (unpaired) electrons. The fourth-order valence-electron chi connectivity index (χ4n) is 0.819. The monoisotopic (exact) mass is 1030 g/mol. The average molecular weight is 1030 g/mol. The van der Waals surface area contributed by atoms with E-state index in [1.165, 1.54) is 114 Å². The molecule has 410 valence electrons. The number of carbonyl (C=O) groups excluding carboxylic acids is 10. The maximum absolute atomic E-state index is 10.3. The Morgan fingerprint density at radius 1 is 0.403 bits per heavy atom. The van der Waals surface area contributed by atoms with Gasteiger partial charge in [0.05, 0.1) is 54.2 Å². The van der Waals surface area contributed by atoms with Crippen molar-refractivity contribution in [3.05, 3.63) is 0 Å². The molecule has 26 nitrogen and oxygen atoms in total. The molecule has 0 atom stereocenters. The Bertz CT molecular complexity index is 928. The standard InChI is InChI=1S/2C4H9NOS.C3H8N2O.2C3H7NO2.2C3H7NO.C3H6O3.2C3H6O2.C3H8.C2H7N.C2H6O.H2/c2*1-5-4(6)3-7-2;1-4-3(6)5-2;2*1-4-3(5)6-2;2*1-3(5)4-2;1-5-3(4)6-2;2*1-3(4)5-2;3*1-3-2;/h2*3H2,1-2H3,(H,5,6);1-2H3,(H2,4,5,6);2*1-2H3,(H,4,5);2*1-2H3,(H,4,5);1-2H3;2*1-2H3;3H2,1-2H3;3H,1-2H3;1-2H3;1H. The van der Waals surface area contributed by atoms with Gasteiger partial charge in [-0.05, 0) is 26.6 Å². The van der Waals surface area contributed by atoms with Gasteiger partial charge in [-0.3, -0.25) is 28.8 Å². The molecule has 0 aromatic rings. The van der Waals surface area contributed by atoms with Crippen molar-refractivity contribution in [2.24, 2.45) is 0 Å². The molecule has 28 heteroatoms. The Hall–Kier alpha value is -5.48. The zero-order valence-corrected chi connectivity index (χ0v) is 47.0. The third-order valence-corrected chi connectivity index (χ3v) is 5.06. The van der Waals surface area contributed by atoms with Gasteiger partial charge in [0, 0.05) is 99.7 Å². The van der Waals surface area contributed by atoms with Gasteiger partial charge >= 0.3 is 36.3 Å². The van der Waals surface area contributed by atoms with Crippen molar-refractivity contribution in [3.8, 4) is 0 Å². The van der Waals surface area contributed by atoms with Crippen molar-refractivity contribution in [2.45, 2.75) is 48.0 Å². The lowest BCUT2D eigenvalue weighted by molar-refractivity contribution is -0.138. The summed E-state index contributed by atoms with van der Waals surface area (Å²) in [4.78, 5) is 98.5. The number of hydrogen-bond donors (Lipinski definition) is 9. The molecule has 0 bridgehead atoms. The molecule has 0 aliphatic carbocycles. The van der Waals surface area contributed by atoms with Crippen LogP contribution in [-0.4, -0.2) is 211 Å². The summed E-state index contributed by atoms with van der Waals surface area (Å²) in [6.45, 7) is 9.92. The van der Waals surface area contributed by atoms with Crippen molar-refractivity contribution in [1.29, 1.82) is 0 Å². The number of urea groups is 1. The quantitative estimate of drug-likeness (QED) is 0.143. The molecule has 0 heterocycles. The molecule has 67 heavy (non-hydrogen) atoms. The van der Waals surface area contributed by atoms with Crippen molar-refractivity contribution in [2.75, 3.05) is 151 Å². The van der Waals surface area contributed by atoms with Crippen LogP contribution in [0.1, 0.15) is 49.4 Å². The Labute approximate surface area is 412 Å². The number of amides is 8. The SMILES string of the molecule is CCC.CNC.CNC(=O)CSC.CNC(=O)CSC.CNC(=O)NC.CNC(=O)OC.CNC(=O)OC.CNC(C)=O.CNC(C)=O.COC.COC(=O)OC.COC(C)=O.COC(C)=O.[HH]. The molecule has 9 N–H and O–H groups in total. The second-order valence-electron chi connectivity index (χ2n) is 9.80. The number of thioether (sulfide) groups is 2. The predicted octanol–water partition coefficient (Wildman–Crippen LogP) is 1.70. The minimum Gasteiger partial charge on any atom is -0.469 e. The largest absolute Gasteiger partial charge is 0.507 e. The molecular weight excluding hydrogens is 931 g/mol. The average Bonchev–Trinajstić information content (AvgIpc) is 3.32. The fraction of sp³-hybridized carbons (Fsp3) is 0.744. The maximum Gasteiger partial charge on any atom is 0.507 e. The zero-order chi connectivity index (χ0) is 56.6. The summed E-state index contributed by atoms with van der Waals surface area (Å²) in [6, 6.07) is -0.157. The molecule has 0 aromatic heterocycles. The molecule has 0 rings (SSSR count). The van der Waals surface area contributed by atoms with Crippen molar-refractivity contribution in [3.63, 3.8) is 0 Å². The van der Waals surface area contributed by atoms with E-state index < -0.39 is 18.3 Å². The van der Waals surface area contributed by atoms with E-state index in [0.717, 1.165) is 0 Å². The molecule has 0 saturated heterocycles. The molecule has 0 aliphatic rings. The second kappa shape index (κ2) is 103. The highest BCUT2D eigenvalue weighted by Gasteiger charge is 1.91. The number of nitrogens with one attached hydrogen (secondary N) is 9. The minimum absolute atomic E-state index is 0. The smallest absolute Gasteiger partial charge is 0.469 e. The highest BCUT2D eigenvalue weighted by Crippen LogP contribution is 1.87. The summed E-state index contributed by atoms with van der Waals surface area (Å²) in [6.07, 6.45) is 3.57. The van der Waals surface area contributed by atoms with Gasteiger partial charge in [-0.15, -0.1) is 0 Å². The van der Waals surface area contributed by atoms with Crippen LogP contribution >= 0.6 is 23.5 Å². The van der Waals surface area contributed by atoms with E-state index in [2.05, 4.69) is 94.9 Å². The topological polar surface area (TPSA) is 344 Å². The Morgan fingerprint density at radius 2 is 0.597 bits per heavy atom. The van der Waals surface area contributed by atoms with Gasteiger partial charge in [0.1, 0.15) is 0 Å². The van der Waals surface area contributed by atoms with Gasteiger partial charge < -0.3 is 81.0 Å². The molecule has 0 fully saturated rings. The summed E-state index contributed by atoms with van der Waals surface area (Å²) in [5, 5.41) is 21.8. The fourth-order valence-corrected chi connectivity index (χ4v) is 1.63. The first-order valence-electron chi connectivity index (χ1n) is 19.0. The normalized spacial score (nSPS) is 7.07. The van der Waals surface area contributed by atoms with Crippen molar-refractivity contribution >= 4 is 83.5 Å². The first-order chi connectivity index (χ1) is 31.2. The molecular formula is C39H95N9O17S2. The predicted molar refractivity (Wildman–Crippen MR) is 272 cm³/mol. The van der Waals surface area contributed by atoms with E-state index in [1.807, 2.05) is 26.6 Å². The van der Waals surface area contributed by atoms with Crippen molar-refractivity contribution < 1.29 is 82.5 Å². The number of alkyl carbamates (subject to hydrolysis) is 2. The van der Waals surface area contributed by atoms with Gasteiger partial charge in [0.25, 0.3) is 0 Å². The van der Waals surface area contributed by atoms with Gasteiger partial charge in [-0.1, -0.05) is 20.3 Å². The molecule has 0 unspecified atom stereocenters. The van der Waals surface area contributed by atoms with E-state index in [1.54, 1.807) is 56.5 Å². The van der Waals surface area contributed by atoms with Crippen LogP contribution < -0.4 is 47.9 Å². The van der Waals surface area contributed by atoms with E-state index in [-0.39, 0.29) is 43.0 Å². The summed E-state index contributed by atoms with van der Waals surface area (Å²) >= 11 is 3.04. The lowest BCUT2D eigenvalue weighted by Gasteiger charge is -1.91. The van der Waals surface area contributed by atoms with Crippen LogP contribution in [-0.2, 0) is 61.9 Å². The molecule has 8 amide bonds. The van der Waals surface area contributed by atoms with E-state index >= 15 is 0 Å².